The Bertz CT molecular complexity index is 418. The predicted molar refractivity (Wildman–Crippen MR) is 66.2 cm³/mol. The maximum atomic E-state index is 13.5. The van der Waals surface area contributed by atoms with Gasteiger partial charge in [-0.1, -0.05) is 17.7 Å². The maximum Gasteiger partial charge on any atom is 0.256 e. The number of nitrogens with one attached hydrogen (secondary N) is 1. The van der Waals surface area contributed by atoms with Crippen molar-refractivity contribution in [2.45, 2.75) is 30.7 Å². The van der Waals surface area contributed by atoms with Gasteiger partial charge < -0.3 is 5.32 Å². The summed E-state index contributed by atoms with van der Waals surface area (Å²) in [6.07, 6.45) is 2.67. The van der Waals surface area contributed by atoms with Crippen LogP contribution in [0.15, 0.2) is 18.2 Å². The molecule has 5 heteroatoms. The van der Waals surface area contributed by atoms with Crippen LogP contribution in [0.1, 0.15) is 29.6 Å². The lowest BCUT2D eigenvalue weighted by atomic mass is 10.1. The number of hydrogen-bond donors (Lipinski definition) is 1. The van der Waals surface area contributed by atoms with Gasteiger partial charge in [0.1, 0.15) is 5.82 Å². The first-order chi connectivity index (χ1) is 8.09. The average molecular weight is 276 g/mol. The van der Waals surface area contributed by atoms with E-state index in [1.165, 1.54) is 18.2 Å². The number of alkyl halides is 1. The Labute approximate surface area is 109 Å². The van der Waals surface area contributed by atoms with E-state index in [0.29, 0.717) is 0 Å². The van der Waals surface area contributed by atoms with Crippen molar-refractivity contribution in [2.75, 3.05) is 0 Å². The smallest absolute Gasteiger partial charge is 0.256 e. The van der Waals surface area contributed by atoms with Crippen molar-refractivity contribution in [2.24, 2.45) is 0 Å². The highest BCUT2D eigenvalue weighted by atomic mass is 35.5. The fraction of sp³-hybridized carbons (Fsp3) is 0.417. The topological polar surface area (TPSA) is 29.1 Å². The molecule has 2 nitrogen and oxygen atoms in total. The van der Waals surface area contributed by atoms with Gasteiger partial charge in [-0.25, -0.2) is 4.39 Å². The molecule has 0 heterocycles. The molecule has 0 radical (unpaired) electrons. The molecular weight excluding hydrogens is 264 g/mol. The number of benzene rings is 1. The lowest BCUT2D eigenvalue weighted by Crippen LogP contribution is -2.38. The summed E-state index contributed by atoms with van der Waals surface area (Å²) in [5.74, 6) is -1.11. The Balaban J connectivity index is 2.14. The highest BCUT2D eigenvalue weighted by Gasteiger charge is 2.28. The molecule has 1 amide bonds. The van der Waals surface area contributed by atoms with Crippen LogP contribution in [0.3, 0.4) is 0 Å². The number of hydrogen-bond acceptors (Lipinski definition) is 1. The van der Waals surface area contributed by atoms with Gasteiger partial charge in [-0.3, -0.25) is 4.79 Å². The van der Waals surface area contributed by atoms with Gasteiger partial charge in [-0.05, 0) is 31.4 Å². The Kier molecular flexibility index (Phi) is 3.89. The van der Waals surface area contributed by atoms with E-state index in [1.807, 2.05) is 0 Å². The molecule has 92 valence electrons. The molecule has 0 saturated heterocycles. The second-order valence-electron chi connectivity index (χ2n) is 4.12. The molecule has 0 bridgehead atoms. The minimum absolute atomic E-state index is 0.0792. The summed E-state index contributed by atoms with van der Waals surface area (Å²) < 4.78 is 13.5. The predicted octanol–water partition coefficient (Wildman–Crippen LogP) is 3.37. The average Bonchev–Trinajstić information content (AvgIpc) is 2.64. The van der Waals surface area contributed by atoms with Gasteiger partial charge in [0, 0.05) is 6.04 Å². The zero-order valence-corrected chi connectivity index (χ0v) is 10.6. The van der Waals surface area contributed by atoms with Crippen LogP contribution in [0.4, 0.5) is 4.39 Å². The first-order valence-corrected chi connectivity index (χ1v) is 6.30. The molecule has 17 heavy (non-hydrogen) atoms. The van der Waals surface area contributed by atoms with Crippen LogP contribution in [0.25, 0.3) is 0 Å². The molecule has 1 aromatic rings. The number of amides is 1. The minimum Gasteiger partial charge on any atom is -0.348 e. The second kappa shape index (κ2) is 5.23. The molecule has 0 aromatic heterocycles. The first-order valence-electron chi connectivity index (χ1n) is 5.48. The fourth-order valence-corrected chi connectivity index (χ4v) is 2.62. The second-order valence-corrected chi connectivity index (χ2v) is 5.09. The quantitative estimate of drug-likeness (QED) is 0.824. The van der Waals surface area contributed by atoms with Crippen LogP contribution in [0, 0.1) is 5.82 Å². The maximum absolute atomic E-state index is 13.5. The zero-order valence-electron chi connectivity index (χ0n) is 9.05. The summed E-state index contributed by atoms with van der Waals surface area (Å²) in [4.78, 5) is 11.9. The molecule has 0 spiro atoms. The van der Waals surface area contributed by atoms with Crippen molar-refractivity contribution in [3.63, 3.8) is 0 Å². The molecule has 2 atom stereocenters. The van der Waals surface area contributed by atoms with E-state index in [0.717, 1.165) is 19.3 Å². The molecule has 1 saturated carbocycles. The van der Waals surface area contributed by atoms with Crippen LogP contribution in [0.5, 0.6) is 0 Å². The number of carbonyl (C=O) groups excluding carboxylic acids is 1. The summed E-state index contributed by atoms with van der Waals surface area (Å²) in [5, 5.41) is 2.77. The van der Waals surface area contributed by atoms with E-state index in [4.69, 9.17) is 23.2 Å². The lowest BCUT2D eigenvalue weighted by Gasteiger charge is -2.16. The largest absolute Gasteiger partial charge is 0.348 e. The van der Waals surface area contributed by atoms with Crippen molar-refractivity contribution < 1.29 is 9.18 Å². The van der Waals surface area contributed by atoms with Gasteiger partial charge in [0.15, 0.2) is 0 Å². The highest BCUT2D eigenvalue weighted by molar-refractivity contribution is 6.33. The molecule has 1 aliphatic carbocycles. The minimum atomic E-state index is -0.612. The van der Waals surface area contributed by atoms with Gasteiger partial charge >= 0.3 is 0 Å². The van der Waals surface area contributed by atoms with E-state index >= 15 is 0 Å². The SMILES string of the molecule is O=C(NC1CCCC1Cl)c1c(F)cccc1Cl. The molecule has 2 rings (SSSR count). The van der Waals surface area contributed by atoms with Gasteiger partial charge in [0.2, 0.25) is 0 Å². The Morgan fingerprint density at radius 1 is 1.41 bits per heavy atom. The van der Waals surface area contributed by atoms with Gasteiger partial charge in [-0.2, -0.15) is 0 Å². The van der Waals surface area contributed by atoms with E-state index in [9.17, 15) is 9.18 Å². The summed E-state index contributed by atoms with van der Waals surface area (Å²) in [6, 6.07) is 4.08. The summed E-state index contributed by atoms with van der Waals surface area (Å²) in [6.45, 7) is 0. The number of rotatable bonds is 2. The molecule has 1 N–H and O–H groups in total. The van der Waals surface area contributed by atoms with Crippen LogP contribution < -0.4 is 5.32 Å². The van der Waals surface area contributed by atoms with E-state index < -0.39 is 11.7 Å². The molecule has 1 aliphatic rings. The van der Waals surface area contributed by atoms with Crippen LogP contribution in [0.2, 0.25) is 5.02 Å². The molecular formula is C12H12Cl2FNO. The third-order valence-electron chi connectivity index (χ3n) is 2.94. The summed E-state index contributed by atoms with van der Waals surface area (Å²) in [5.41, 5.74) is -0.107. The lowest BCUT2D eigenvalue weighted by molar-refractivity contribution is 0.0934. The van der Waals surface area contributed by atoms with Crippen molar-refractivity contribution in [3.8, 4) is 0 Å². The van der Waals surface area contributed by atoms with Gasteiger partial charge in [0.25, 0.3) is 5.91 Å². The van der Waals surface area contributed by atoms with Crippen molar-refractivity contribution in [1.29, 1.82) is 0 Å². The first kappa shape index (κ1) is 12.7. The normalized spacial score (nSPS) is 23.7. The summed E-state index contributed by atoms with van der Waals surface area (Å²) >= 11 is 11.9. The zero-order chi connectivity index (χ0) is 12.4. The Morgan fingerprint density at radius 3 is 2.76 bits per heavy atom. The van der Waals surface area contributed by atoms with Crippen molar-refractivity contribution >= 4 is 29.1 Å². The molecule has 2 unspecified atom stereocenters. The van der Waals surface area contributed by atoms with E-state index in [1.54, 1.807) is 0 Å². The van der Waals surface area contributed by atoms with Crippen LogP contribution >= 0.6 is 23.2 Å². The fourth-order valence-electron chi connectivity index (χ4n) is 2.03. The third kappa shape index (κ3) is 2.72. The number of halogens is 3. The Hall–Kier alpha value is -0.800. The van der Waals surface area contributed by atoms with Gasteiger partial charge in [-0.15, -0.1) is 11.6 Å². The van der Waals surface area contributed by atoms with E-state index in [-0.39, 0.29) is 22.0 Å². The molecule has 1 aromatic carbocycles. The monoisotopic (exact) mass is 275 g/mol. The van der Waals surface area contributed by atoms with Crippen LogP contribution in [-0.2, 0) is 0 Å². The summed E-state index contributed by atoms with van der Waals surface area (Å²) in [7, 11) is 0. The third-order valence-corrected chi connectivity index (χ3v) is 3.78. The molecule has 1 fully saturated rings. The standard InChI is InChI=1S/C12H12Cl2FNO/c13-7-3-2-6-10(7)16-12(17)11-8(14)4-1-5-9(11)15/h1,4-5,7,10H,2-3,6H2,(H,16,17). The Morgan fingerprint density at radius 2 is 2.18 bits per heavy atom. The highest BCUT2D eigenvalue weighted by Crippen LogP contribution is 2.25. The van der Waals surface area contributed by atoms with Gasteiger partial charge in [0.05, 0.1) is 16.0 Å². The van der Waals surface area contributed by atoms with Crippen molar-refractivity contribution in [1.82, 2.24) is 5.32 Å². The van der Waals surface area contributed by atoms with E-state index in [2.05, 4.69) is 5.32 Å². The molecule has 0 aliphatic heterocycles. The van der Waals surface area contributed by atoms with Crippen LogP contribution in [-0.4, -0.2) is 17.3 Å². The van der Waals surface area contributed by atoms with Crippen molar-refractivity contribution in [3.05, 3.63) is 34.6 Å². The number of carbonyl (C=O) groups is 1.